The van der Waals surface area contributed by atoms with Gasteiger partial charge in [-0.3, -0.25) is 14.5 Å². The Morgan fingerprint density at radius 2 is 1.82 bits per heavy atom. The maximum Gasteiger partial charge on any atom is 0.325 e. The predicted octanol–water partition coefficient (Wildman–Crippen LogP) is 2.82. The highest BCUT2D eigenvalue weighted by atomic mass is 16.2. The molecule has 4 rings (SSSR count). The van der Waals surface area contributed by atoms with Crippen LogP contribution in [0.25, 0.3) is 0 Å². The van der Waals surface area contributed by atoms with Crippen LogP contribution < -0.4 is 5.32 Å². The molecule has 7 heteroatoms. The monoisotopic (exact) mass is 454 g/mol. The van der Waals surface area contributed by atoms with E-state index in [0.29, 0.717) is 26.1 Å². The molecule has 1 aromatic rings. The van der Waals surface area contributed by atoms with Gasteiger partial charge < -0.3 is 15.1 Å². The molecule has 33 heavy (non-hydrogen) atoms. The molecule has 0 unspecified atom stereocenters. The van der Waals surface area contributed by atoms with E-state index in [4.69, 9.17) is 0 Å². The Balaban J connectivity index is 1.55. The van der Waals surface area contributed by atoms with Crippen molar-refractivity contribution >= 4 is 17.8 Å². The Morgan fingerprint density at radius 3 is 2.42 bits per heavy atom. The summed E-state index contributed by atoms with van der Waals surface area (Å²) in [5, 5.41) is 3.16. The molecule has 4 amide bonds. The second-order valence-corrected chi connectivity index (χ2v) is 10.7. The summed E-state index contributed by atoms with van der Waals surface area (Å²) in [5.41, 5.74) is 1.09. The maximum absolute atomic E-state index is 13.9. The van der Waals surface area contributed by atoms with E-state index >= 15 is 0 Å². The molecule has 1 N–H and O–H groups in total. The summed E-state index contributed by atoms with van der Waals surface area (Å²) in [6.45, 7) is 6.65. The number of imide groups is 1. The second kappa shape index (κ2) is 9.09. The fourth-order valence-corrected chi connectivity index (χ4v) is 5.40. The van der Waals surface area contributed by atoms with Crippen LogP contribution >= 0.6 is 0 Å². The van der Waals surface area contributed by atoms with Gasteiger partial charge in [0.2, 0.25) is 5.91 Å². The highest BCUT2D eigenvalue weighted by Gasteiger charge is 2.56. The van der Waals surface area contributed by atoms with Crippen molar-refractivity contribution in [3.05, 3.63) is 35.4 Å². The summed E-state index contributed by atoms with van der Waals surface area (Å²) < 4.78 is 0. The van der Waals surface area contributed by atoms with Crippen LogP contribution in [0.5, 0.6) is 0 Å². The molecule has 2 aliphatic heterocycles. The highest BCUT2D eigenvalue weighted by Crippen LogP contribution is 2.47. The van der Waals surface area contributed by atoms with Gasteiger partial charge in [-0.1, -0.05) is 31.2 Å². The van der Waals surface area contributed by atoms with E-state index in [1.54, 1.807) is 0 Å². The van der Waals surface area contributed by atoms with E-state index in [-0.39, 0.29) is 29.2 Å². The van der Waals surface area contributed by atoms with E-state index in [9.17, 15) is 14.4 Å². The van der Waals surface area contributed by atoms with E-state index in [2.05, 4.69) is 29.3 Å². The zero-order valence-electron chi connectivity index (χ0n) is 20.5. The van der Waals surface area contributed by atoms with Crippen LogP contribution in [0.15, 0.2) is 24.3 Å². The summed E-state index contributed by atoms with van der Waals surface area (Å²) >= 11 is 0. The Kier molecular flexibility index (Phi) is 6.54. The molecule has 0 bridgehead atoms. The van der Waals surface area contributed by atoms with Gasteiger partial charge in [-0.05, 0) is 76.7 Å². The van der Waals surface area contributed by atoms with Crippen molar-refractivity contribution < 1.29 is 14.4 Å². The third-order valence-corrected chi connectivity index (χ3v) is 7.91. The summed E-state index contributed by atoms with van der Waals surface area (Å²) in [7, 11) is 3.98. The third-order valence-electron chi connectivity index (χ3n) is 7.91. The van der Waals surface area contributed by atoms with Crippen molar-refractivity contribution in [2.24, 2.45) is 11.3 Å². The van der Waals surface area contributed by atoms with Crippen LogP contribution in [-0.2, 0) is 16.0 Å². The first-order valence-corrected chi connectivity index (χ1v) is 12.3. The van der Waals surface area contributed by atoms with Gasteiger partial charge in [0.1, 0.15) is 5.54 Å². The van der Waals surface area contributed by atoms with Crippen LogP contribution in [-0.4, -0.2) is 78.4 Å². The number of carbonyl (C=O) groups is 3. The number of nitrogens with one attached hydrogen (secondary N) is 1. The highest BCUT2D eigenvalue weighted by molar-refractivity contribution is 6.07. The lowest BCUT2D eigenvalue weighted by Gasteiger charge is -2.41. The summed E-state index contributed by atoms with van der Waals surface area (Å²) in [5.74, 6) is 0.151. The Morgan fingerprint density at radius 1 is 1.15 bits per heavy atom. The number of amides is 4. The Hall–Kier alpha value is -2.41. The molecule has 0 radical (unpaired) electrons. The van der Waals surface area contributed by atoms with Crippen molar-refractivity contribution in [2.45, 2.75) is 57.9 Å². The van der Waals surface area contributed by atoms with Gasteiger partial charge in [0.15, 0.2) is 0 Å². The van der Waals surface area contributed by atoms with Crippen LogP contribution in [0.1, 0.15) is 50.2 Å². The molecule has 0 spiro atoms. The lowest BCUT2D eigenvalue weighted by atomic mass is 9.73. The van der Waals surface area contributed by atoms with E-state index in [0.717, 1.165) is 49.8 Å². The summed E-state index contributed by atoms with van der Waals surface area (Å²) in [6, 6.07) is 7.81. The number of benzene rings is 1. The van der Waals surface area contributed by atoms with Crippen molar-refractivity contribution in [3.63, 3.8) is 0 Å². The van der Waals surface area contributed by atoms with Crippen LogP contribution in [0.3, 0.4) is 0 Å². The molecule has 2 heterocycles. The van der Waals surface area contributed by atoms with Gasteiger partial charge in [0, 0.05) is 31.5 Å². The molecule has 1 atom stereocenters. The number of piperidine rings is 1. The minimum absolute atomic E-state index is 0.00321. The molecule has 1 saturated carbocycles. The standard InChI is InChI=1S/C26H38N4O3/c1-19-8-5-6-9-20(19)18-26(23(32)30(24(33)27-26)15-7-14-28(3)4)21-10-16-29(17-11-21)22(31)25(2)12-13-25/h5-6,8-9,21H,7,10-18H2,1-4H3,(H,27,33)/t26-/m0/s1. The average Bonchev–Trinajstić information content (AvgIpc) is 3.49. The molecule has 1 aromatic carbocycles. The van der Waals surface area contributed by atoms with Crippen LogP contribution in [0.4, 0.5) is 4.79 Å². The minimum Gasteiger partial charge on any atom is -0.342 e. The first kappa shape index (κ1) is 23.7. The predicted molar refractivity (Wildman–Crippen MR) is 128 cm³/mol. The van der Waals surface area contributed by atoms with Gasteiger partial charge >= 0.3 is 6.03 Å². The number of aryl methyl sites for hydroxylation is 1. The number of nitrogens with zero attached hydrogens (tertiary/aromatic N) is 3. The van der Waals surface area contributed by atoms with E-state index < -0.39 is 5.54 Å². The molecule has 3 fully saturated rings. The first-order chi connectivity index (χ1) is 15.7. The van der Waals surface area contributed by atoms with Gasteiger partial charge in [-0.25, -0.2) is 4.79 Å². The molecule has 7 nitrogen and oxygen atoms in total. The van der Waals surface area contributed by atoms with E-state index in [1.807, 2.05) is 38.1 Å². The molecule has 180 valence electrons. The average molecular weight is 455 g/mol. The van der Waals surface area contributed by atoms with Crippen molar-refractivity contribution in [1.82, 2.24) is 20.0 Å². The molecular formula is C26H38N4O3. The molecular weight excluding hydrogens is 416 g/mol. The zero-order chi connectivity index (χ0) is 23.8. The Bertz CT molecular complexity index is 918. The number of likely N-dealkylation sites (tertiary alicyclic amines) is 1. The smallest absolute Gasteiger partial charge is 0.325 e. The fourth-order valence-electron chi connectivity index (χ4n) is 5.40. The third kappa shape index (κ3) is 4.65. The fraction of sp³-hybridized carbons (Fsp3) is 0.654. The second-order valence-electron chi connectivity index (χ2n) is 10.7. The quantitative estimate of drug-likeness (QED) is 0.613. The number of hydrogen-bond donors (Lipinski definition) is 1. The molecule has 1 aliphatic carbocycles. The normalized spacial score (nSPS) is 25.0. The minimum atomic E-state index is -0.945. The van der Waals surface area contributed by atoms with Crippen LogP contribution in [0.2, 0.25) is 0 Å². The SMILES string of the molecule is Cc1ccccc1C[C@@]1(C2CCN(C(=O)C3(C)CC3)CC2)NC(=O)N(CCCN(C)C)C1=O. The number of urea groups is 1. The molecule has 2 saturated heterocycles. The topological polar surface area (TPSA) is 73.0 Å². The number of carbonyl (C=O) groups excluding carboxylic acids is 3. The van der Waals surface area contributed by atoms with Gasteiger partial charge in [-0.2, -0.15) is 0 Å². The van der Waals surface area contributed by atoms with Crippen molar-refractivity contribution in [1.29, 1.82) is 0 Å². The van der Waals surface area contributed by atoms with Crippen molar-refractivity contribution in [3.8, 4) is 0 Å². The van der Waals surface area contributed by atoms with Crippen molar-refractivity contribution in [2.75, 3.05) is 40.3 Å². The van der Waals surface area contributed by atoms with Gasteiger partial charge in [-0.15, -0.1) is 0 Å². The maximum atomic E-state index is 13.9. The molecule has 3 aliphatic rings. The zero-order valence-corrected chi connectivity index (χ0v) is 20.5. The number of hydrogen-bond acceptors (Lipinski definition) is 4. The van der Waals surface area contributed by atoms with Crippen LogP contribution in [0, 0.1) is 18.3 Å². The Labute approximate surface area is 197 Å². The van der Waals surface area contributed by atoms with Gasteiger partial charge in [0.05, 0.1) is 0 Å². The lowest BCUT2D eigenvalue weighted by Crippen LogP contribution is -2.58. The largest absolute Gasteiger partial charge is 0.342 e. The van der Waals surface area contributed by atoms with Gasteiger partial charge in [0.25, 0.3) is 5.91 Å². The number of rotatable bonds is 8. The molecule has 0 aromatic heterocycles. The lowest BCUT2D eigenvalue weighted by molar-refractivity contribution is -0.139. The van der Waals surface area contributed by atoms with E-state index in [1.165, 1.54) is 4.90 Å². The summed E-state index contributed by atoms with van der Waals surface area (Å²) in [6.07, 6.45) is 4.64. The first-order valence-electron chi connectivity index (χ1n) is 12.3. The summed E-state index contributed by atoms with van der Waals surface area (Å²) in [4.78, 5) is 45.2.